The van der Waals surface area contributed by atoms with Crippen molar-refractivity contribution in [1.82, 2.24) is 5.32 Å². The fourth-order valence-electron chi connectivity index (χ4n) is 3.56. The molecule has 1 saturated carbocycles. The van der Waals surface area contributed by atoms with Gasteiger partial charge >= 0.3 is 0 Å². The van der Waals surface area contributed by atoms with E-state index in [9.17, 15) is 0 Å². The molecule has 0 heterocycles. The van der Waals surface area contributed by atoms with E-state index in [1.165, 1.54) is 30.4 Å². The third-order valence-electron chi connectivity index (χ3n) is 4.79. The third kappa shape index (κ3) is 2.64. The fourth-order valence-corrected chi connectivity index (χ4v) is 3.56. The highest BCUT2D eigenvalue weighted by atomic mass is 16.5. The van der Waals surface area contributed by atoms with E-state index in [0.29, 0.717) is 5.92 Å². The van der Waals surface area contributed by atoms with Crippen LogP contribution in [0.25, 0.3) is 0 Å². The highest BCUT2D eigenvalue weighted by Gasteiger charge is 2.43. The third-order valence-corrected chi connectivity index (χ3v) is 4.79. The predicted octanol–water partition coefficient (Wildman–Crippen LogP) is 3.67. The van der Waals surface area contributed by atoms with Gasteiger partial charge in [-0.1, -0.05) is 38.0 Å². The smallest absolute Gasteiger partial charge is 0.122 e. The lowest BCUT2D eigenvalue weighted by atomic mass is 9.72. The van der Waals surface area contributed by atoms with E-state index < -0.39 is 0 Å². The summed E-state index contributed by atoms with van der Waals surface area (Å²) in [4.78, 5) is 0. The van der Waals surface area contributed by atoms with Crippen LogP contribution in [0.5, 0.6) is 5.75 Å². The molecular formula is C17H27NO. The predicted molar refractivity (Wildman–Crippen MR) is 81.0 cm³/mol. The van der Waals surface area contributed by atoms with E-state index in [2.05, 4.69) is 44.3 Å². The molecule has 2 unspecified atom stereocenters. The van der Waals surface area contributed by atoms with Crippen LogP contribution in [-0.2, 0) is 5.41 Å². The molecular weight excluding hydrogens is 234 g/mol. The van der Waals surface area contributed by atoms with Crippen LogP contribution in [0.1, 0.15) is 44.2 Å². The summed E-state index contributed by atoms with van der Waals surface area (Å²) in [5.74, 6) is 1.76. The molecule has 1 aromatic rings. The van der Waals surface area contributed by atoms with Crippen LogP contribution >= 0.6 is 0 Å². The van der Waals surface area contributed by atoms with Gasteiger partial charge in [0.05, 0.1) is 7.11 Å². The Balaban J connectivity index is 2.46. The van der Waals surface area contributed by atoms with E-state index in [-0.39, 0.29) is 5.41 Å². The van der Waals surface area contributed by atoms with Gasteiger partial charge in [-0.2, -0.15) is 0 Å². The average molecular weight is 261 g/mol. The number of likely N-dealkylation sites (N-methyl/N-ethyl adjacent to an activating group) is 1. The molecule has 1 aromatic carbocycles. The van der Waals surface area contributed by atoms with Crippen molar-refractivity contribution >= 4 is 0 Å². The molecule has 1 aliphatic carbocycles. The summed E-state index contributed by atoms with van der Waals surface area (Å²) >= 11 is 0. The zero-order valence-electron chi connectivity index (χ0n) is 12.8. The van der Waals surface area contributed by atoms with Gasteiger partial charge in [0.2, 0.25) is 0 Å². The van der Waals surface area contributed by atoms with Crippen molar-refractivity contribution < 1.29 is 4.74 Å². The number of nitrogens with one attached hydrogen (secondary N) is 1. The van der Waals surface area contributed by atoms with Crippen LogP contribution in [0.2, 0.25) is 0 Å². The first-order chi connectivity index (χ1) is 9.14. The molecule has 2 rings (SSSR count). The summed E-state index contributed by atoms with van der Waals surface area (Å²) in [5, 5.41) is 3.58. The molecule has 1 fully saturated rings. The molecule has 0 aromatic heterocycles. The summed E-state index contributed by atoms with van der Waals surface area (Å²) in [6.07, 6.45) is 3.91. The minimum Gasteiger partial charge on any atom is -0.496 e. The SMILES string of the molecule is CCNCC1(c2cc(C)ccc2OC)CCCC1C. The van der Waals surface area contributed by atoms with Crippen molar-refractivity contribution in [2.75, 3.05) is 20.2 Å². The molecule has 2 heteroatoms. The lowest BCUT2D eigenvalue weighted by Crippen LogP contribution is -2.40. The molecule has 0 aliphatic heterocycles. The Morgan fingerprint density at radius 2 is 2.21 bits per heavy atom. The monoisotopic (exact) mass is 261 g/mol. The number of rotatable bonds is 5. The molecule has 2 atom stereocenters. The molecule has 0 saturated heterocycles. The summed E-state index contributed by atoms with van der Waals surface area (Å²) in [7, 11) is 1.79. The Morgan fingerprint density at radius 3 is 2.79 bits per heavy atom. The van der Waals surface area contributed by atoms with Crippen LogP contribution in [0, 0.1) is 12.8 Å². The molecule has 106 valence electrons. The molecule has 0 amide bonds. The van der Waals surface area contributed by atoms with Gasteiger partial charge < -0.3 is 10.1 Å². The van der Waals surface area contributed by atoms with Gasteiger partial charge in [-0.15, -0.1) is 0 Å². The highest BCUT2D eigenvalue weighted by Crippen LogP contribution is 2.48. The van der Waals surface area contributed by atoms with Crippen molar-refractivity contribution in [1.29, 1.82) is 0 Å². The van der Waals surface area contributed by atoms with Crippen molar-refractivity contribution in [3.05, 3.63) is 29.3 Å². The topological polar surface area (TPSA) is 21.3 Å². The number of hydrogen-bond donors (Lipinski definition) is 1. The summed E-state index contributed by atoms with van der Waals surface area (Å²) in [6, 6.07) is 6.60. The number of hydrogen-bond acceptors (Lipinski definition) is 2. The minimum atomic E-state index is 0.243. The Bertz CT molecular complexity index is 429. The summed E-state index contributed by atoms with van der Waals surface area (Å²) in [5.41, 5.74) is 2.97. The number of aryl methyl sites for hydroxylation is 1. The van der Waals surface area contributed by atoms with Crippen molar-refractivity contribution in [3.8, 4) is 5.75 Å². The van der Waals surface area contributed by atoms with Crippen molar-refractivity contribution in [2.24, 2.45) is 5.92 Å². The first-order valence-electron chi connectivity index (χ1n) is 7.50. The second-order valence-electron chi connectivity index (χ2n) is 5.93. The quantitative estimate of drug-likeness (QED) is 0.873. The highest BCUT2D eigenvalue weighted by molar-refractivity contribution is 5.44. The number of benzene rings is 1. The van der Waals surface area contributed by atoms with E-state index in [1.807, 2.05) is 0 Å². The van der Waals surface area contributed by atoms with Crippen LogP contribution < -0.4 is 10.1 Å². The first kappa shape index (κ1) is 14.4. The number of methoxy groups -OCH3 is 1. The van der Waals surface area contributed by atoms with Gasteiger partial charge in [0, 0.05) is 17.5 Å². The lowest BCUT2D eigenvalue weighted by Gasteiger charge is -2.36. The Labute approximate surface area is 117 Å². The maximum Gasteiger partial charge on any atom is 0.122 e. The van der Waals surface area contributed by atoms with Gasteiger partial charge in [0.25, 0.3) is 0 Å². The van der Waals surface area contributed by atoms with Gasteiger partial charge in [0.1, 0.15) is 5.75 Å². The Hall–Kier alpha value is -1.02. The largest absolute Gasteiger partial charge is 0.496 e. The van der Waals surface area contributed by atoms with Crippen molar-refractivity contribution in [3.63, 3.8) is 0 Å². The molecule has 1 N–H and O–H groups in total. The molecule has 0 radical (unpaired) electrons. The molecule has 2 nitrogen and oxygen atoms in total. The zero-order valence-corrected chi connectivity index (χ0v) is 12.8. The normalized spacial score (nSPS) is 26.6. The maximum absolute atomic E-state index is 5.64. The standard InChI is InChI=1S/C17H27NO/c1-5-18-12-17(10-6-7-14(17)3)15-11-13(2)8-9-16(15)19-4/h8-9,11,14,18H,5-7,10,12H2,1-4H3. The molecule has 0 spiro atoms. The van der Waals surface area contributed by atoms with E-state index in [4.69, 9.17) is 4.74 Å². The van der Waals surface area contributed by atoms with Gasteiger partial charge in [-0.25, -0.2) is 0 Å². The zero-order chi connectivity index (χ0) is 13.9. The molecule has 19 heavy (non-hydrogen) atoms. The van der Waals surface area contributed by atoms with Crippen molar-refractivity contribution in [2.45, 2.75) is 45.4 Å². The molecule has 0 bridgehead atoms. The Morgan fingerprint density at radius 1 is 1.42 bits per heavy atom. The summed E-state index contributed by atoms with van der Waals surface area (Å²) < 4.78 is 5.64. The summed E-state index contributed by atoms with van der Waals surface area (Å²) in [6.45, 7) is 8.84. The lowest BCUT2D eigenvalue weighted by molar-refractivity contribution is 0.303. The van der Waals surface area contributed by atoms with Gasteiger partial charge in [0.15, 0.2) is 0 Å². The van der Waals surface area contributed by atoms with E-state index in [1.54, 1.807) is 7.11 Å². The first-order valence-corrected chi connectivity index (χ1v) is 7.50. The van der Waals surface area contributed by atoms with Gasteiger partial charge in [-0.05, 0) is 38.3 Å². The molecule has 1 aliphatic rings. The number of ether oxygens (including phenoxy) is 1. The van der Waals surface area contributed by atoms with Gasteiger partial charge in [-0.3, -0.25) is 0 Å². The second-order valence-corrected chi connectivity index (χ2v) is 5.93. The Kier molecular flexibility index (Phi) is 4.51. The minimum absolute atomic E-state index is 0.243. The van der Waals surface area contributed by atoms with Crippen LogP contribution in [0.3, 0.4) is 0 Å². The van der Waals surface area contributed by atoms with Crippen LogP contribution in [0.4, 0.5) is 0 Å². The average Bonchev–Trinajstić information content (AvgIpc) is 2.78. The maximum atomic E-state index is 5.64. The van der Waals surface area contributed by atoms with Crippen LogP contribution in [-0.4, -0.2) is 20.2 Å². The van der Waals surface area contributed by atoms with Crippen LogP contribution in [0.15, 0.2) is 18.2 Å². The second kappa shape index (κ2) is 5.96. The van der Waals surface area contributed by atoms with E-state index >= 15 is 0 Å². The van der Waals surface area contributed by atoms with E-state index in [0.717, 1.165) is 18.8 Å². The fraction of sp³-hybridized carbons (Fsp3) is 0.647.